The maximum Gasteiger partial charge on any atom is 0.335 e. The van der Waals surface area contributed by atoms with Gasteiger partial charge in [-0.1, -0.05) is 12.1 Å². The first kappa shape index (κ1) is 16.4. The zero-order chi connectivity index (χ0) is 17.3. The number of nitrogens with zero attached hydrogens (tertiary/aromatic N) is 2. The smallest absolute Gasteiger partial charge is 0.275 e. The van der Waals surface area contributed by atoms with Crippen molar-refractivity contribution < 1.29 is 13.2 Å². The fourth-order valence-corrected chi connectivity index (χ4v) is 4.14. The van der Waals surface area contributed by atoms with E-state index in [0.717, 1.165) is 24.0 Å². The van der Waals surface area contributed by atoms with Crippen LogP contribution in [0.3, 0.4) is 0 Å². The molecule has 0 spiro atoms. The molecule has 0 bridgehead atoms. The lowest BCUT2D eigenvalue weighted by molar-refractivity contribution is 0.256. The van der Waals surface area contributed by atoms with E-state index in [4.69, 9.17) is 0 Å². The quantitative estimate of drug-likeness (QED) is 0.886. The van der Waals surface area contributed by atoms with Crippen molar-refractivity contribution in [2.45, 2.75) is 38.0 Å². The maximum atomic E-state index is 12.5. The summed E-state index contributed by atoms with van der Waals surface area (Å²) in [5.74, 6) is 0.0680. The molecule has 2 aromatic rings. The summed E-state index contributed by atoms with van der Waals surface area (Å²) in [7, 11) is -3.94. The van der Waals surface area contributed by atoms with Crippen LogP contribution in [0.15, 0.2) is 29.2 Å². The summed E-state index contributed by atoms with van der Waals surface area (Å²) in [6, 6.07) is 6.02. The molecule has 0 saturated carbocycles. The van der Waals surface area contributed by atoms with Gasteiger partial charge in [0.15, 0.2) is 0 Å². The molecule has 2 amide bonds. The average molecular weight is 346 g/mol. The van der Waals surface area contributed by atoms with Gasteiger partial charge in [0, 0.05) is 11.4 Å². The van der Waals surface area contributed by atoms with E-state index in [1.807, 2.05) is 10.8 Å². The van der Waals surface area contributed by atoms with Crippen LogP contribution in [0.1, 0.15) is 28.9 Å². The van der Waals surface area contributed by atoms with E-state index in [-0.39, 0.29) is 10.8 Å². The summed E-state index contributed by atoms with van der Waals surface area (Å²) in [6.45, 7) is 3.53. The second kappa shape index (κ2) is 6.20. The Labute approximate surface area is 140 Å². The lowest BCUT2D eigenvalue weighted by atomic mass is 10.1. The summed E-state index contributed by atoms with van der Waals surface area (Å²) >= 11 is 0. The van der Waals surface area contributed by atoms with E-state index in [0.29, 0.717) is 17.8 Å². The molecule has 1 aliphatic rings. The van der Waals surface area contributed by atoms with Crippen molar-refractivity contribution >= 4 is 22.0 Å². The number of fused-ring (bicyclic) bond motifs is 1. The second-order valence-electron chi connectivity index (χ2n) is 5.78. The molecule has 1 heterocycles. The fourth-order valence-electron chi connectivity index (χ4n) is 2.92. The molecule has 1 aliphatic carbocycles. The number of carbonyl (C=O) groups is 1. The van der Waals surface area contributed by atoms with Crippen molar-refractivity contribution in [3.05, 3.63) is 46.8 Å². The third-order valence-electron chi connectivity index (χ3n) is 3.83. The van der Waals surface area contributed by atoms with Crippen molar-refractivity contribution in [3.63, 3.8) is 0 Å². The van der Waals surface area contributed by atoms with Gasteiger partial charge in [0.2, 0.25) is 5.95 Å². The van der Waals surface area contributed by atoms with E-state index >= 15 is 0 Å². The Balaban J connectivity index is 1.80. The van der Waals surface area contributed by atoms with Gasteiger partial charge in [-0.3, -0.25) is 5.32 Å². The highest BCUT2D eigenvalue weighted by atomic mass is 32.2. The molecule has 0 saturated heterocycles. The first-order valence-electron chi connectivity index (χ1n) is 7.62. The van der Waals surface area contributed by atoms with Crippen LogP contribution in [-0.4, -0.2) is 24.4 Å². The number of benzene rings is 1. The Kier molecular flexibility index (Phi) is 4.23. The number of aryl methyl sites for hydroxylation is 3. The molecule has 0 atom stereocenters. The SMILES string of the molecule is Cc1cc(C)nc(NC(=O)NS(=O)(=O)c2cccc3c2CCC3)n1. The van der Waals surface area contributed by atoms with Crippen LogP contribution in [-0.2, 0) is 22.9 Å². The van der Waals surface area contributed by atoms with Crippen molar-refractivity contribution in [2.75, 3.05) is 5.32 Å². The number of nitrogens with one attached hydrogen (secondary N) is 2. The minimum absolute atomic E-state index is 0.0680. The fraction of sp³-hybridized carbons (Fsp3) is 0.312. The molecule has 1 aromatic heterocycles. The van der Waals surface area contributed by atoms with Crippen LogP contribution in [0.4, 0.5) is 10.7 Å². The van der Waals surface area contributed by atoms with Crippen LogP contribution < -0.4 is 10.0 Å². The highest BCUT2D eigenvalue weighted by Gasteiger charge is 2.25. The van der Waals surface area contributed by atoms with E-state index in [1.165, 1.54) is 6.07 Å². The Morgan fingerprint density at radius 2 is 1.83 bits per heavy atom. The molecule has 0 aliphatic heterocycles. The van der Waals surface area contributed by atoms with Crippen LogP contribution in [0.5, 0.6) is 0 Å². The van der Waals surface area contributed by atoms with Crippen molar-refractivity contribution in [3.8, 4) is 0 Å². The Morgan fingerprint density at radius 3 is 2.54 bits per heavy atom. The molecule has 2 N–H and O–H groups in total. The number of amides is 2. The monoisotopic (exact) mass is 346 g/mol. The number of urea groups is 1. The molecule has 24 heavy (non-hydrogen) atoms. The third-order valence-corrected chi connectivity index (χ3v) is 5.24. The van der Waals surface area contributed by atoms with Gasteiger partial charge in [-0.15, -0.1) is 0 Å². The van der Waals surface area contributed by atoms with Gasteiger partial charge in [0.1, 0.15) is 0 Å². The number of aromatic nitrogens is 2. The predicted molar refractivity (Wildman–Crippen MR) is 89.3 cm³/mol. The first-order valence-corrected chi connectivity index (χ1v) is 9.10. The summed E-state index contributed by atoms with van der Waals surface area (Å²) < 4.78 is 27.1. The zero-order valence-electron chi connectivity index (χ0n) is 13.5. The van der Waals surface area contributed by atoms with Crippen LogP contribution in [0.25, 0.3) is 0 Å². The Hall–Kier alpha value is -2.48. The minimum Gasteiger partial charge on any atom is -0.275 e. The van der Waals surface area contributed by atoms with Crippen molar-refractivity contribution in [1.82, 2.24) is 14.7 Å². The van der Waals surface area contributed by atoms with Gasteiger partial charge in [0.25, 0.3) is 10.0 Å². The number of anilines is 1. The van der Waals surface area contributed by atoms with Gasteiger partial charge < -0.3 is 0 Å². The van der Waals surface area contributed by atoms with Gasteiger partial charge in [-0.25, -0.2) is 27.9 Å². The largest absolute Gasteiger partial charge is 0.335 e. The molecule has 1 aromatic carbocycles. The summed E-state index contributed by atoms with van der Waals surface area (Å²) in [4.78, 5) is 20.3. The topological polar surface area (TPSA) is 101 Å². The van der Waals surface area contributed by atoms with Crippen molar-refractivity contribution in [2.24, 2.45) is 0 Å². The molecule has 3 rings (SSSR count). The second-order valence-corrected chi connectivity index (χ2v) is 7.43. The highest BCUT2D eigenvalue weighted by Crippen LogP contribution is 2.28. The van der Waals surface area contributed by atoms with E-state index in [1.54, 1.807) is 26.0 Å². The molecular weight excluding hydrogens is 328 g/mol. The number of hydrogen-bond acceptors (Lipinski definition) is 5. The van der Waals surface area contributed by atoms with Gasteiger partial charge in [-0.2, -0.15) is 0 Å². The standard InChI is InChI=1S/C16H18N4O3S/c1-10-9-11(2)18-15(17-10)19-16(21)20-24(22,23)14-8-4-6-12-5-3-7-13(12)14/h4,6,8-9H,3,5,7H2,1-2H3,(H2,17,18,19,20,21). The highest BCUT2D eigenvalue weighted by molar-refractivity contribution is 7.90. The van der Waals surface area contributed by atoms with Gasteiger partial charge in [-0.05, 0) is 56.4 Å². The maximum absolute atomic E-state index is 12.5. The van der Waals surface area contributed by atoms with E-state index < -0.39 is 16.1 Å². The van der Waals surface area contributed by atoms with Crippen molar-refractivity contribution in [1.29, 1.82) is 0 Å². The third kappa shape index (κ3) is 3.38. The average Bonchev–Trinajstić information content (AvgIpc) is 2.93. The van der Waals surface area contributed by atoms with E-state index in [9.17, 15) is 13.2 Å². The minimum atomic E-state index is -3.94. The van der Waals surface area contributed by atoms with Crippen LogP contribution in [0.2, 0.25) is 0 Å². The summed E-state index contributed by atoms with van der Waals surface area (Å²) in [5, 5.41) is 2.37. The number of carbonyl (C=O) groups excluding carboxylic acids is 1. The molecule has 126 valence electrons. The molecule has 0 unspecified atom stereocenters. The Morgan fingerprint density at radius 1 is 1.12 bits per heavy atom. The van der Waals surface area contributed by atoms with Gasteiger partial charge in [0.05, 0.1) is 4.90 Å². The molecule has 8 heteroatoms. The zero-order valence-corrected chi connectivity index (χ0v) is 14.3. The van der Waals surface area contributed by atoms with Gasteiger partial charge >= 0.3 is 6.03 Å². The van der Waals surface area contributed by atoms with Crippen LogP contribution >= 0.6 is 0 Å². The normalized spacial score (nSPS) is 13.4. The van der Waals surface area contributed by atoms with E-state index in [2.05, 4.69) is 15.3 Å². The number of sulfonamides is 1. The first-order chi connectivity index (χ1) is 11.3. The number of hydrogen-bond donors (Lipinski definition) is 2. The van der Waals surface area contributed by atoms with Crippen LogP contribution in [0, 0.1) is 13.8 Å². The molecule has 0 radical (unpaired) electrons. The number of rotatable bonds is 3. The lowest BCUT2D eigenvalue weighted by Gasteiger charge is -2.11. The lowest BCUT2D eigenvalue weighted by Crippen LogP contribution is -2.35. The Bertz CT molecular complexity index is 889. The molecule has 0 fully saturated rings. The molecule has 7 nitrogen and oxygen atoms in total. The summed E-state index contributed by atoms with van der Waals surface area (Å²) in [6.07, 6.45) is 2.49. The predicted octanol–water partition coefficient (Wildman–Crippen LogP) is 2.09. The molecular formula is C16H18N4O3S. The summed E-state index contributed by atoms with van der Waals surface area (Å²) in [5.41, 5.74) is 3.18.